The number of nitrogens with zero attached hydrogens (tertiary/aromatic N) is 2. The summed E-state index contributed by atoms with van der Waals surface area (Å²) in [5, 5.41) is 4.48. The van der Waals surface area contributed by atoms with Gasteiger partial charge in [-0.25, -0.2) is 0 Å². The van der Waals surface area contributed by atoms with Crippen LogP contribution < -0.4 is 4.72 Å². The Morgan fingerprint density at radius 3 is 2.74 bits per heavy atom. The van der Waals surface area contributed by atoms with Crippen LogP contribution in [0.5, 0.6) is 0 Å². The van der Waals surface area contributed by atoms with Crippen LogP contribution in [0.15, 0.2) is 12.3 Å². The zero-order chi connectivity index (χ0) is 13.8. The first kappa shape index (κ1) is 13.5. The second-order valence-corrected chi connectivity index (χ2v) is 9.16. The zero-order valence-corrected chi connectivity index (χ0v) is 13.0. The van der Waals surface area contributed by atoms with Crippen molar-refractivity contribution in [3.8, 4) is 0 Å². The van der Waals surface area contributed by atoms with Gasteiger partial charge in [-0.05, 0) is 51.5 Å². The third-order valence-corrected chi connectivity index (χ3v) is 6.07. The molecule has 2 heterocycles. The largest absolute Gasteiger partial charge is 0.598 e. The van der Waals surface area contributed by atoms with Crippen LogP contribution in [0, 0.1) is 5.41 Å². The van der Waals surface area contributed by atoms with Crippen molar-refractivity contribution in [3.05, 3.63) is 18.0 Å². The number of aromatic nitrogens is 2. The van der Waals surface area contributed by atoms with Crippen LogP contribution in [0.3, 0.4) is 0 Å². The van der Waals surface area contributed by atoms with Gasteiger partial charge < -0.3 is 4.55 Å². The Labute approximate surface area is 118 Å². The van der Waals surface area contributed by atoms with Crippen LogP contribution in [0.2, 0.25) is 0 Å². The van der Waals surface area contributed by atoms with Gasteiger partial charge in [0.15, 0.2) is 0 Å². The van der Waals surface area contributed by atoms with Gasteiger partial charge in [-0.3, -0.25) is 4.68 Å². The monoisotopic (exact) mass is 281 g/mol. The van der Waals surface area contributed by atoms with E-state index in [0.717, 1.165) is 6.42 Å². The summed E-state index contributed by atoms with van der Waals surface area (Å²) in [5.74, 6) is 0. The third kappa shape index (κ3) is 2.32. The summed E-state index contributed by atoms with van der Waals surface area (Å²) in [7, 11) is 0. The molecule has 0 bridgehead atoms. The summed E-state index contributed by atoms with van der Waals surface area (Å²) < 4.78 is 17.5. The van der Waals surface area contributed by atoms with Gasteiger partial charge in [-0.2, -0.15) is 5.10 Å². The van der Waals surface area contributed by atoms with E-state index in [-0.39, 0.29) is 10.8 Å². The van der Waals surface area contributed by atoms with Gasteiger partial charge >= 0.3 is 0 Å². The second-order valence-electron chi connectivity index (χ2n) is 7.16. The van der Waals surface area contributed by atoms with Crippen molar-refractivity contribution in [3.63, 3.8) is 0 Å². The Balaban J connectivity index is 1.79. The highest BCUT2D eigenvalue weighted by Gasteiger charge is 2.51. The molecule has 1 aromatic rings. The van der Waals surface area contributed by atoms with Crippen LogP contribution in [-0.4, -0.2) is 19.1 Å². The number of hydrogen-bond acceptors (Lipinski definition) is 3. The molecule has 2 aliphatic rings. The van der Waals surface area contributed by atoms with E-state index in [9.17, 15) is 4.55 Å². The van der Waals surface area contributed by atoms with Gasteiger partial charge in [0, 0.05) is 17.6 Å². The Hall–Kier alpha value is -0.520. The van der Waals surface area contributed by atoms with Crippen LogP contribution in [0.1, 0.15) is 64.7 Å². The fourth-order valence-corrected chi connectivity index (χ4v) is 3.66. The Morgan fingerprint density at radius 1 is 1.47 bits per heavy atom. The number of nitrogens with one attached hydrogen (secondary N) is 1. The lowest BCUT2D eigenvalue weighted by Crippen LogP contribution is -2.40. The van der Waals surface area contributed by atoms with Crippen molar-refractivity contribution in [2.45, 2.75) is 63.8 Å². The second kappa shape index (κ2) is 4.24. The van der Waals surface area contributed by atoms with E-state index in [1.807, 2.05) is 27.0 Å². The number of fused-ring (bicyclic) bond motifs is 1. The minimum Gasteiger partial charge on any atom is -0.598 e. The van der Waals surface area contributed by atoms with E-state index in [1.165, 1.54) is 18.5 Å². The van der Waals surface area contributed by atoms with Gasteiger partial charge in [-0.1, -0.05) is 6.92 Å². The predicted molar refractivity (Wildman–Crippen MR) is 77.0 cm³/mol. The molecule has 4 nitrogen and oxygen atoms in total. The molecule has 1 aliphatic carbocycles. The zero-order valence-electron chi connectivity index (χ0n) is 12.1. The maximum Gasteiger partial charge on any atom is 0.136 e. The lowest BCUT2D eigenvalue weighted by Gasteiger charge is -2.26. The minimum atomic E-state index is -1.03. The standard InChI is InChI=1S/C14H23N3OS/c1-13(2,3)19(18)16-10-9-12(14(4)6-7-14)17-11(10)5-8-15-17/h5,8,10,12,16H,6-7,9H2,1-4H3/t10-,12-,19+/m1/s1. The third-order valence-electron chi connectivity index (χ3n) is 4.46. The van der Waals surface area contributed by atoms with Crippen molar-refractivity contribution in [1.82, 2.24) is 14.5 Å². The molecule has 1 saturated carbocycles. The van der Waals surface area contributed by atoms with Crippen LogP contribution in [-0.2, 0) is 11.4 Å². The molecule has 3 rings (SSSR count). The lowest BCUT2D eigenvalue weighted by atomic mass is 9.96. The Morgan fingerprint density at radius 2 is 2.16 bits per heavy atom. The lowest BCUT2D eigenvalue weighted by molar-refractivity contribution is 0.310. The van der Waals surface area contributed by atoms with Crippen molar-refractivity contribution in [2.75, 3.05) is 0 Å². The van der Waals surface area contributed by atoms with Crippen LogP contribution in [0.4, 0.5) is 0 Å². The minimum absolute atomic E-state index is 0.171. The molecule has 1 aromatic heterocycles. The van der Waals surface area contributed by atoms with Crippen LogP contribution in [0.25, 0.3) is 0 Å². The molecule has 0 amide bonds. The molecular weight excluding hydrogens is 258 g/mol. The van der Waals surface area contributed by atoms with E-state index in [1.54, 1.807) is 0 Å². The predicted octanol–water partition coefficient (Wildman–Crippen LogP) is 2.72. The molecule has 1 N–H and O–H groups in total. The maximum atomic E-state index is 12.3. The first-order chi connectivity index (χ1) is 8.81. The summed E-state index contributed by atoms with van der Waals surface area (Å²) in [6.07, 6.45) is 5.45. The number of hydrogen-bond donors (Lipinski definition) is 1. The normalized spacial score (nSPS) is 30.2. The summed E-state index contributed by atoms with van der Waals surface area (Å²) in [6, 6.07) is 2.69. The maximum absolute atomic E-state index is 12.3. The fourth-order valence-electron chi connectivity index (χ4n) is 2.83. The van der Waals surface area contributed by atoms with Gasteiger partial charge in [0.25, 0.3) is 0 Å². The van der Waals surface area contributed by atoms with Crippen molar-refractivity contribution in [2.24, 2.45) is 5.41 Å². The summed E-state index contributed by atoms with van der Waals surface area (Å²) in [4.78, 5) is 0. The fraction of sp³-hybridized carbons (Fsp3) is 0.786. The molecular formula is C14H23N3OS. The highest BCUT2D eigenvalue weighted by molar-refractivity contribution is 7.90. The van der Waals surface area contributed by atoms with Gasteiger partial charge in [0.05, 0.1) is 17.8 Å². The molecule has 0 radical (unpaired) electrons. The van der Waals surface area contributed by atoms with E-state index in [4.69, 9.17) is 0 Å². The highest BCUT2D eigenvalue weighted by Crippen LogP contribution is 2.58. The van der Waals surface area contributed by atoms with Gasteiger partial charge in [0.2, 0.25) is 0 Å². The first-order valence-corrected chi connectivity index (χ1v) is 8.18. The molecule has 1 fully saturated rings. The quantitative estimate of drug-likeness (QED) is 0.867. The topological polar surface area (TPSA) is 52.9 Å². The van der Waals surface area contributed by atoms with E-state index in [2.05, 4.69) is 27.5 Å². The molecule has 0 unspecified atom stereocenters. The average molecular weight is 281 g/mol. The average Bonchev–Trinajstić information content (AvgIpc) is 2.76. The SMILES string of the molecule is CC1([C@H]2C[C@@H](N[S@@+]([O-])C(C)(C)C)c3ccnn32)CC1. The van der Waals surface area contributed by atoms with Gasteiger partial charge in [0.1, 0.15) is 4.75 Å². The molecule has 1 aliphatic heterocycles. The van der Waals surface area contributed by atoms with Gasteiger partial charge in [-0.15, -0.1) is 4.72 Å². The summed E-state index contributed by atoms with van der Waals surface area (Å²) in [6.45, 7) is 8.35. The molecule has 0 aromatic carbocycles. The van der Waals surface area contributed by atoms with E-state index < -0.39 is 11.4 Å². The molecule has 5 heteroatoms. The van der Waals surface area contributed by atoms with Crippen molar-refractivity contribution < 1.29 is 4.55 Å². The number of rotatable bonds is 3. The van der Waals surface area contributed by atoms with E-state index in [0.29, 0.717) is 11.5 Å². The summed E-state index contributed by atoms with van der Waals surface area (Å²) >= 11 is -1.03. The molecule has 106 valence electrons. The highest BCUT2D eigenvalue weighted by atomic mass is 32.2. The van der Waals surface area contributed by atoms with Crippen molar-refractivity contribution in [1.29, 1.82) is 0 Å². The molecule has 0 spiro atoms. The molecule has 19 heavy (non-hydrogen) atoms. The van der Waals surface area contributed by atoms with Crippen molar-refractivity contribution >= 4 is 11.4 Å². The smallest absolute Gasteiger partial charge is 0.136 e. The first-order valence-electron chi connectivity index (χ1n) is 7.03. The molecule has 0 saturated heterocycles. The van der Waals surface area contributed by atoms with E-state index >= 15 is 0 Å². The van der Waals surface area contributed by atoms with Crippen LogP contribution >= 0.6 is 0 Å². The Bertz CT molecular complexity index is 475. The Kier molecular flexibility index (Phi) is 3.00. The molecule has 3 atom stereocenters. The summed E-state index contributed by atoms with van der Waals surface area (Å²) in [5.41, 5.74) is 1.59.